The minimum atomic E-state index is 0.0663. The molecule has 1 saturated heterocycles. The third-order valence-corrected chi connectivity index (χ3v) is 3.28. The summed E-state index contributed by atoms with van der Waals surface area (Å²) in [5, 5.41) is 2.90. The van der Waals surface area contributed by atoms with Crippen molar-refractivity contribution in [3.05, 3.63) is 24.3 Å². The third-order valence-electron chi connectivity index (χ3n) is 3.28. The summed E-state index contributed by atoms with van der Waals surface area (Å²) in [6.07, 6.45) is 2.57. The second kappa shape index (κ2) is 7.29. The maximum atomic E-state index is 11.7. The van der Waals surface area contributed by atoms with Gasteiger partial charge in [-0.25, -0.2) is 0 Å². The SMILES string of the molecule is CC(C)CCC(=O)Nc1ccc(OC2CCOC2)cc1. The minimum absolute atomic E-state index is 0.0663. The third kappa shape index (κ3) is 4.85. The fourth-order valence-electron chi connectivity index (χ4n) is 2.06. The molecule has 0 aliphatic carbocycles. The average Bonchev–Trinajstić information content (AvgIpc) is 2.92. The molecule has 0 saturated carbocycles. The summed E-state index contributed by atoms with van der Waals surface area (Å²) in [6.45, 7) is 5.67. The van der Waals surface area contributed by atoms with Crippen molar-refractivity contribution in [2.75, 3.05) is 18.5 Å². The zero-order valence-corrected chi connectivity index (χ0v) is 12.2. The van der Waals surface area contributed by atoms with Gasteiger partial charge in [0.05, 0.1) is 13.2 Å². The predicted molar refractivity (Wildman–Crippen MR) is 79.0 cm³/mol. The van der Waals surface area contributed by atoms with Crippen LogP contribution >= 0.6 is 0 Å². The van der Waals surface area contributed by atoms with Crippen LogP contribution in [0.25, 0.3) is 0 Å². The number of benzene rings is 1. The predicted octanol–water partition coefficient (Wildman–Crippen LogP) is 3.23. The first-order chi connectivity index (χ1) is 9.63. The van der Waals surface area contributed by atoms with Gasteiger partial charge in [-0.3, -0.25) is 4.79 Å². The van der Waals surface area contributed by atoms with E-state index in [0.717, 1.165) is 30.9 Å². The fraction of sp³-hybridized carbons (Fsp3) is 0.562. The first-order valence-corrected chi connectivity index (χ1v) is 7.28. The molecule has 1 aromatic rings. The van der Waals surface area contributed by atoms with Gasteiger partial charge in [-0.2, -0.15) is 0 Å². The number of carbonyl (C=O) groups is 1. The Kier molecular flexibility index (Phi) is 5.41. The Balaban J connectivity index is 1.80. The van der Waals surface area contributed by atoms with Crippen LogP contribution in [0.3, 0.4) is 0 Å². The highest BCUT2D eigenvalue weighted by atomic mass is 16.5. The first-order valence-electron chi connectivity index (χ1n) is 7.28. The fourth-order valence-corrected chi connectivity index (χ4v) is 2.06. The Bertz CT molecular complexity index is 422. The number of rotatable bonds is 6. The van der Waals surface area contributed by atoms with E-state index >= 15 is 0 Å². The second-order valence-corrected chi connectivity index (χ2v) is 5.61. The molecule has 1 aliphatic heterocycles. The van der Waals surface area contributed by atoms with Crippen LogP contribution in [-0.2, 0) is 9.53 Å². The van der Waals surface area contributed by atoms with E-state index in [9.17, 15) is 4.79 Å². The van der Waals surface area contributed by atoms with Crippen molar-refractivity contribution >= 4 is 11.6 Å². The summed E-state index contributed by atoms with van der Waals surface area (Å²) in [5.41, 5.74) is 0.814. The Labute approximate surface area is 120 Å². The standard InChI is InChI=1S/C16H23NO3/c1-12(2)3-8-16(18)17-13-4-6-14(7-5-13)20-15-9-10-19-11-15/h4-7,12,15H,3,8-11H2,1-2H3,(H,17,18). The van der Waals surface area contributed by atoms with E-state index in [4.69, 9.17) is 9.47 Å². The smallest absolute Gasteiger partial charge is 0.224 e. The van der Waals surface area contributed by atoms with E-state index in [-0.39, 0.29) is 12.0 Å². The lowest BCUT2D eigenvalue weighted by atomic mass is 10.1. The van der Waals surface area contributed by atoms with Crippen LogP contribution in [-0.4, -0.2) is 25.2 Å². The van der Waals surface area contributed by atoms with Crippen LogP contribution in [0.1, 0.15) is 33.1 Å². The molecule has 0 spiro atoms. The van der Waals surface area contributed by atoms with Crippen LogP contribution in [0, 0.1) is 5.92 Å². The Hall–Kier alpha value is -1.55. The monoisotopic (exact) mass is 277 g/mol. The number of hydrogen-bond acceptors (Lipinski definition) is 3. The van der Waals surface area contributed by atoms with Crippen LogP contribution in [0.15, 0.2) is 24.3 Å². The van der Waals surface area contributed by atoms with Crippen molar-refractivity contribution < 1.29 is 14.3 Å². The van der Waals surface area contributed by atoms with E-state index in [1.807, 2.05) is 24.3 Å². The van der Waals surface area contributed by atoms with Crippen LogP contribution in [0.2, 0.25) is 0 Å². The van der Waals surface area contributed by atoms with Crippen molar-refractivity contribution in [1.82, 2.24) is 0 Å². The molecule has 1 heterocycles. The van der Waals surface area contributed by atoms with E-state index in [0.29, 0.717) is 18.9 Å². The van der Waals surface area contributed by atoms with Gasteiger partial charge in [-0.1, -0.05) is 13.8 Å². The summed E-state index contributed by atoms with van der Waals surface area (Å²) in [4.78, 5) is 11.7. The van der Waals surface area contributed by atoms with Gasteiger partial charge in [0.1, 0.15) is 11.9 Å². The van der Waals surface area contributed by atoms with Gasteiger partial charge in [0.25, 0.3) is 0 Å². The molecule has 1 amide bonds. The lowest BCUT2D eigenvalue weighted by Gasteiger charge is -2.12. The molecule has 1 atom stereocenters. The zero-order chi connectivity index (χ0) is 14.4. The molecule has 0 radical (unpaired) electrons. The largest absolute Gasteiger partial charge is 0.488 e. The number of ether oxygens (including phenoxy) is 2. The zero-order valence-electron chi connectivity index (χ0n) is 12.2. The molecule has 1 unspecified atom stereocenters. The van der Waals surface area contributed by atoms with Crippen molar-refractivity contribution in [2.45, 2.75) is 39.2 Å². The summed E-state index contributed by atoms with van der Waals surface area (Å²) < 4.78 is 11.0. The molecule has 20 heavy (non-hydrogen) atoms. The van der Waals surface area contributed by atoms with Crippen LogP contribution in [0.4, 0.5) is 5.69 Å². The van der Waals surface area contributed by atoms with Crippen molar-refractivity contribution in [3.8, 4) is 5.75 Å². The second-order valence-electron chi connectivity index (χ2n) is 5.61. The van der Waals surface area contributed by atoms with Gasteiger partial charge < -0.3 is 14.8 Å². The van der Waals surface area contributed by atoms with Gasteiger partial charge in [0, 0.05) is 18.5 Å². The summed E-state index contributed by atoms with van der Waals surface area (Å²) in [7, 11) is 0. The number of amides is 1. The molecule has 1 aliphatic rings. The van der Waals surface area contributed by atoms with Gasteiger partial charge >= 0.3 is 0 Å². The number of nitrogens with one attached hydrogen (secondary N) is 1. The van der Waals surface area contributed by atoms with Gasteiger partial charge in [0.15, 0.2) is 0 Å². The molecule has 1 fully saturated rings. The van der Waals surface area contributed by atoms with Crippen molar-refractivity contribution in [3.63, 3.8) is 0 Å². The number of anilines is 1. The Morgan fingerprint density at radius 3 is 2.75 bits per heavy atom. The lowest BCUT2D eigenvalue weighted by molar-refractivity contribution is -0.116. The summed E-state index contributed by atoms with van der Waals surface area (Å²) in [5.74, 6) is 1.43. The van der Waals surface area contributed by atoms with Gasteiger partial charge in [0.2, 0.25) is 5.91 Å². The minimum Gasteiger partial charge on any atom is -0.488 e. The summed E-state index contributed by atoms with van der Waals surface area (Å²) >= 11 is 0. The van der Waals surface area contributed by atoms with Crippen LogP contribution in [0.5, 0.6) is 5.75 Å². The quantitative estimate of drug-likeness (QED) is 0.868. The number of hydrogen-bond donors (Lipinski definition) is 1. The molecule has 1 N–H and O–H groups in total. The average molecular weight is 277 g/mol. The Morgan fingerprint density at radius 2 is 2.15 bits per heavy atom. The summed E-state index contributed by atoms with van der Waals surface area (Å²) in [6, 6.07) is 7.52. The van der Waals surface area contributed by atoms with Gasteiger partial charge in [-0.05, 0) is 36.6 Å². The molecule has 2 rings (SSSR count). The molecular formula is C16H23NO3. The maximum Gasteiger partial charge on any atom is 0.224 e. The highest BCUT2D eigenvalue weighted by Gasteiger charge is 2.16. The Morgan fingerprint density at radius 1 is 1.40 bits per heavy atom. The highest BCUT2D eigenvalue weighted by Crippen LogP contribution is 2.20. The molecule has 1 aromatic carbocycles. The van der Waals surface area contributed by atoms with E-state index < -0.39 is 0 Å². The molecule has 0 aromatic heterocycles. The number of carbonyl (C=O) groups excluding carboxylic acids is 1. The molecule has 110 valence electrons. The maximum absolute atomic E-state index is 11.7. The van der Waals surface area contributed by atoms with Crippen molar-refractivity contribution in [1.29, 1.82) is 0 Å². The molecule has 0 bridgehead atoms. The normalized spacial score (nSPS) is 18.2. The molecule has 4 nitrogen and oxygen atoms in total. The highest BCUT2D eigenvalue weighted by molar-refractivity contribution is 5.90. The molecular weight excluding hydrogens is 254 g/mol. The lowest BCUT2D eigenvalue weighted by Crippen LogP contribution is -2.15. The van der Waals surface area contributed by atoms with E-state index in [2.05, 4.69) is 19.2 Å². The molecule has 4 heteroatoms. The van der Waals surface area contributed by atoms with Crippen molar-refractivity contribution in [2.24, 2.45) is 5.92 Å². The van der Waals surface area contributed by atoms with Crippen LogP contribution < -0.4 is 10.1 Å². The van der Waals surface area contributed by atoms with E-state index in [1.165, 1.54) is 0 Å². The van der Waals surface area contributed by atoms with Gasteiger partial charge in [-0.15, -0.1) is 0 Å². The van der Waals surface area contributed by atoms with E-state index in [1.54, 1.807) is 0 Å². The first kappa shape index (κ1) is 14.9. The topological polar surface area (TPSA) is 47.6 Å².